The van der Waals surface area contributed by atoms with Crippen molar-refractivity contribution in [3.8, 4) is 0 Å². The minimum atomic E-state index is 0.311. The number of hydrogen-bond donors (Lipinski definition) is 0. The molecule has 1 saturated heterocycles. The predicted octanol–water partition coefficient (Wildman–Crippen LogP) is 8.24. The molecule has 168 valence electrons. The highest BCUT2D eigenvalue weighted by molar-refractivity contribution is 14.2. The van der Waals surface area contributed by atoms with Gasteiger partial charge in [-0.3, -0.25) is 0 Å². The number of ether oxygens (including phenoxy) is 1. The second-order valence-electron chi connectivity index (χ2n) is 7.73. The summed E-state index contributed by atoms with van der Waals surface area (Å²) in [5.41, 5.74) is 5.35. The number of halogens is 2. The van der Waals surface area contributed by atoms with E-state index in [1.54, 1.807) is 9.12 Å². The van der Waals surface area contributed by atoms with E-state index in [2.05, 4.69) is 121 Å². The highest BCUT2D eigenvalue weighted by atomic mass is 127. The van der Waals surface area contributed by atoms with Crippen LogP contribution in [0.5, 0.6) is 0 Å². The maximum Gasteiger partial charge on any atom is 0.1000 e. The van der Waals surface area contributed by atoms with Gasteiger partial charge in [-0.15, -0.1) is 0 Å². The molecule has 0 bridgehead atoms. The van der Waals surface area contributed by atoms with Crippen molar-refractivity contribution in [1.82, 2.24) is 8.61 Å². The smallest absolute Gasteiger partial charge is 0.1000 e. The fraction of sp³-hybridized carbons (Fsp3) is 0.417. The SMILES string of the molecule is C=C/C(=C\C(C)=C/C)[C@@H]1CC2C(=C(OCC)C[C@@H](c3ccccc3)N2SI)CN1SI. The molecule has 1 unspecified atom stereocenters. The van der Waals surface area contributed by atoms with Crippen LogP contribution in [0.25, 0.3) is 0 Å². The minimum Gasteiger partial charge on any atom is -0.498 e. The molecule has 7 heteroatoms. The summed E-state index contributed by atoms with van der Waals surface area (Å²) in [6.45, 7) is 12.1. The quantitative estimate of drug-likeness (QED) is 0.156. The first-order chi connectivity index (χ1) is 15.1. The molecule has 3 nitrogen and oxygen atoms in total. The Balaban J connectivity index is 2.05. The molecule has 2 heterocycles. The Bertz CT molecular complexity index is 856. The van der Waals surface area contributed by atoms with E-state index in [1.165, 1.54) is 28.0 Å². The van der Waals surface area contributed by atoms with Crippen LogP contribution in [0.2, 0.25) is 0 Å². The lowest BCUT2D eigenvalue weighted by atomic mass is 9.83. The lowest BCUT2D eigenvalue weighted by Crippen LogP contribution is -2.50. The Hall–Kier alpha value is 0.0600. The van der Waals surface area contributed by atoms with Gasteiger partial charge in [-0.25, -0.2) is 8.61 Å². The Labute approximate surface area is 220 Å². The summed E-state index contributed by atoms with van der Waals surface area (Å²) in [7, 11) is 3.63. The Morgan fingerprint density at radius 2 is 1.97 bits per heavy atom. The average molecular weight is 680 g/mol. The van der Waals surface area contributed by atoms with Crippen LogP contribution >= 0.6 is 60.6 Å². The summed E-state index contributed by atoms with van der Waals surface area (Å²) in [5, 5.41) is 0. The zero-order chi connectivity index (χ0) is 22.4. The van der Waals surface area contributed by atoms with Gasteiger partial charge in [0.25, 0.3) is 0 Å². The molecule has 2 aliphatic rings. The second-order valence-corrected chi connectivity index (χ2v) is 11.3. The molecule has 1 aromatic carbocycles. The zero-order valence-corrected chi connectivity index (χ0v) is 24.2. The first kappa shape index (κ1) is 25.7. The molecule has 0 aromatic heterocycles. The van der Waals surface area contributed by atoms with Crippen LogP contribution in [0.3, 0.4) is 0 Å². The summed E-state index contributed by atoms with van der Waals surface area (Å²) in [4.78, 5) is 0. The number of piperidine rings is 1. The Morgan fingerprint density at radius 3 is 2.55 bits per heavy atom. The van der Waals surface area contributed by atoms with Gasteiger partial charge < -0.3 is 4.74 Å². The molecular weight excluding hydrogens is 650 g/mol. The summed E-state index contributed by atoms with van der Waals surface area (Å²) in [5.74, 6) is 1.19. The van der Waals surface area contributed by atoms with Gasteiger partial charge in [0, 0.05) is 73.0 Å². The molecule has 1 aromatic rings. The fourth-order valence-electron chi connectivity index (χ4n) is 4.37. The van der Waals surface area contributed by atoms with Crippen molar-refractivity contribution in [2.24, 2.45) is 0 Å². The third kappa shape index (κ3) is 5.95. The van der Waals surface area contributed by atoms with Crippen LogP contribution in [0.4, 0.5) is 0 Å². The number of benzene rings is 1. The van der Waals surface area contributed by atoms with Crippen LogP contribution in [0.15, 0.2) is 77.6 Å². The average Bonchev–Trinajstić information content (AvgIpc) is 2.82. The van der Waals surface area contributed by atoms with Crippen LogP contribution < -0.4 is 0 Å². The normalized spacial score (nSPS) is 26.0. The molecule has 3 rings (SSSR count). The molecule has 0 aliphatic carbocycles. The van der Waals surface area contributed by atoms with Gasteiger partial charge in [0.2, 0.25) is 0 Å². The third-order valence-electron chi connectivity index (χ3n) is 6.02. The summed E-state index contributed by atoms with van der Waals surface area (Å²) < 4.78 is 11.3. The summed E-state index contributed by atoms with van der Waals surface area (Å²) >= 11 is 4.87. The van der Waals surface area contributed by atoms with Gasteiger partial charge in [-0.1, -0.05) is 60.7 Å². The van der Waals surface area contributed by atoms with E-state index in [1.807, 2.05) is 15.2 Å². The maximum atomic E-state index is 6.25. The number of rotatable bonds is 8. The lowest BCUT2D eigenvalue weighted by molar-refractivity contribution is 0.135. The van der Waals surface area contributed by atoms with Crippen molar-refractivity contribution in [1.29, 1.82) is 0 Å². The largest absolute Gasteiger partial charge is 0.498 e. The highest BCUT2D eigenvalue weighted by Crippen LogP contribution is 2.49. The van der Waals surface area contributed by atoms with Gasteiger partial charge in [0.05, 0.1) is 18.4 Å². The molecule has 0 N–H and O–H groups in total. The Kier molecular flexibility index (Phi) is 10.4. The van der Waals surface area contributed by atoms with E-state index < -0.39 is 0 Å². The lowest BCUT2D eigenvalue weighted by Gasteiger charge is -2.49. The van der Waals surface area contributed by atoms with Crippen molar-refractivity contribution < 1.29 is 4.74 Å². The fourth-order valence-corrected chi connectivity index (χ4v) is 8.36. The van der Waals surface area contributed by atoms with Crippen LogP contribution in [0, 0.1) is 0 Å². The third-order valence-corrected chi connectivity index (χ3v) is 10.1. The molecule has 0 amide bonds. The van der Waals surface area contributed by atoms with Gasteiger partial charge >= 0.3 is 0 Å². The van der Waals surface area contributed by atoms with Crippen molar-refractivity contribution in [3.63, 3.8) is 0 Å². The first-order valence-corrected chi connectivity index (χ1v) is 17.2. The summed E-state index contributed by atoms with van der Waals surface area (Å²) in [6, 6.07) is 11.8. The van der Waals surface area contributed by atoms with Gasteiger partial charge in [-0.2, -0.15) is 0 Å². The van der Waals surface area contributed by atoms with Crippen LogP contribution in [-0.2, 0) is 4.74 Å². The number of hydrogen-bond acceptors (Lipinski definition) is 5. The molecule has 0 saturated carbocycles. The first-order valence-electron chi connectivity index (χ1n) is 10.6. The van der Waals surface area contributed by atoms with Crippen LogP contribution in [0.1, 0.15) is 45.2 Å². The summed E-state index contributed by atoms with van der Waals surface area (Å²) in [6.07, 6.45) is 8.43. The molecule has 1 fully saturated rings. The van der Waals surface area contributed by atoms with Gasteiger partial charge in [0.1, 0.15) is 0 Å². The highest BCUT2D eigenvalue weighted by Gasteiger charge is 2.44. The molecule has 31 heavy (non-hydrogen) atoms. The standard InChI is InChI=1S/C24H30I2N2OS2/c1-5-17(4)13-18(6-2)21-14-23-20(16-27(21)30-25)24(29-7-3)15-22(28(23)31-26)19-11-9-8-10-12-19/h5-6,8-13,21-23H,2,7,14-16H2,1,3-4H3/b17-5-,18-13+/t21-,22-,23?/m0/s1. The molecular formula is C24H30I2N2OS2. The number of nitrogens with zero attached hydrogens (tertiary/aromatic N) is 2. The van der Waals surface area contributed by atoms with E-state index >= 15 is 0 Å². The van der Waals surface area contributed by atoms with E-state index in [4.69, 9.17) is 4.74 Å². The second kappa shape index (κ2) is 12.5. The Morgan fingerprint density at radius 1 is 1.23 bits per heavy atom. The van der Waals surface area contributed by atoms with Crippen molar-refractivity contribution >= 4 is 60.6 Å². The van der Waals surface area contributed by atoms with Gasteiger partial charge in [-0.05, 0) is 56.6 Å². The van der Waals surface area contributed by atoms with Crippen molar-refractivity contribution in [2.45, 2.75) is 51.7 Å². The minimum absolute atomic E-state index is 0.311. The number of allylic oxidation sites excluding steroid dienone is 3. The van der Waals surface area contributed by atoms with Crippen molar-refractivity contribution in [2.75, 3.05) is 13.2 Å². The van der Waals surface area contributed by atoms with Gasteiger partial charge in [0.15, 0.2) is 0 Å². The van der Waals surface area contributed by atoms with E-state index in [0.29, 0.717) is 24.7 Å². The van der Waals surface area contributed by atoms with E-state index in [-0.39, 0.29) is 0 Å². The topological polar surface area (TPSA) is 15.7 Å². The van der Waals surface area contributed by atoms with E-state index in [0.717, 1.165) is 19.4 Å². The van der Waals surface area contributed by atoms with Crippen molar-refractivity contribution in [3.05, 3.63) is 83.2 Å². The zero-order valence-electron chi connectivity index (χ0n) is 18.3. The molecule has 0 radical (unpaired) electrons. The number of fused-ring (bicyclic) bond motifs is 1. The molecule has 3 atom stereocenters. The molecule has 0 spiro atoms. The molecule has 2 aliphatic heterocycles. The maximum absolute atomic E-state index is 6.25. The predicted molar refractivity (Wildman–Crippen MR) is 154 cm³/mol. The monoisotopic (exact) mass is 680 g/mol. The van der Waals surface area contributed by atoms with Crippen LogP contribution in [-0.4, -0.2) is 33.8 Å². The van der Waals surface area contributed by atoms with E-state index in [9.17, 15) is 0 Å².